The molecule has 0 aliphatic heterocycles. The van der Waals surface area contributed by atoms with Gasteiger partial charge in [-0.2, -0.15) is 0 Å². The SMILES string of the molecule is NC(c1cc(I)ccc1O)C1CCC1. The molecule has 0 aromatic heterocycles. The van der Waals surface area contributed by atoms with Gasteiger partial charge in [-0.05, 0) is 59.5 Å². The van der Waals surface area contributed by atoms with Crippen molar-refractivity contribution in [2.45, 2.75) is 25.3 Å². The Morgan fingerprint density at radius 3 is 2.71 bits per heavy atom. The Kier molecular flexibility index (Phi) is 2.97. The van der Waals surface area contributed by atoms with E-state index in [4.69, 9.17) is 5.73 Å². The first kappa shape index (κ1) is 10.2. The van der Waals surface area contributed by atoms with Crippen LogP contribution >= 0.6 is 22.6 Å². The smallest absolute Gasteiger partial charge is 0.120 e. The van der Waals surface area contributed by atoms with Crippen LogP contribution < -0.4 is 5.73 Å². The van der Waals surface area contributed by atoms with Crippen LogP contribution in [0.2, 0.25) is 0 Å². The van der Waals surface area contributed by atoms with Crippen molar-refractivity contribution < 1.29 is 5.11 Å². The van der Waals surface area contributed by atoms with E-state index >= 15 is 0 Å². The molecule has 1 atom stereocenters. The second-order valence-electron chi connectivity index (χ2n) is 3.92. The molecule has 1 aromatic rings. The minimum absolute atomic E-state index is 0.0125. The van der Waals surface area contributed by atoms with Gasteiger partial charge in [0.1, 0.15) is 5.75 Å². The fraction of sp³-hybridized carbons (Fsp3) is 0.455. The molecule has 2 rings (SSSR count). The third-order valence-electron chi connectivity index (χ3n) is 3.01. The van der Waals surface area contributed by atoms with E-state index in [1.165, 1.54) is 19.3 Å². The maximum Gasteiger partial charge on any atom is 0.120 e. The van der Waals surface area contributed by atoms with Crippen LogP contribution in [0.4, 0.5) is 0 Å². The van der Waals surface area contributed by atoms with Crippen LogP contribution in [0.3, 0.4) is 0 Å². The summed E-state index contributed by atoms with van der Waals surface area (Å²) in [6, 6.07) is 5.62. The first-order valence-electron chi connectivity index (χ1n) is 4.92. The minimum Gasteiger partial charge on any atom is -0.508 e. The van der Waals surface area contributed by atoms with Crippen LogP contribution in [0.25, 0.3) is 0 Å². The molecule has 1 aliphatic rings. The standard InChI is InChI=1S/C11H14INO/c12-8-4-5-10(14)9(6-8)11(13)7-2-1-3-7/h4-7,11,14H,1-3,13H2. The zero-order valence-corrected chi connectivity index (χ0v) is 10.1. The Morgan fingerprint density at radius 2 is 2.14 bits per heavy atom. The molecule has 2 nitrogen and oxygen atoms in total. The topological polar surface area (TPSA) is 46.2 Å². The second-order valence-corrected chi connectivity index (χ2v) is 5.17. The van der Waals surface area contributed by atoms with Crippen molar-refractivity contribution in [2.24, 2.45) is 11.7 Å². The van der Waals surface area contributed by atoms with Crippen LogP contribution in [0.15, 0.2) is 18.2 Å². The molecule has 1 aliphatic carbocycles. The van der Waals surface area contributed by atoms with E-state index in [1.54, 1.807) is 6.07 Å². The third-order valence-corrected chi connectivity index (χ3v) is 3.68. The molecule has 1 aromatic carbocycles. The lowest BCUT2D eigenvalue weighted by atomic mass is 9.77. The Bertz CT molecular complexity index is 336. The van der Waals surface area contributed by atoms with E-state index in [-0.39, 0.29) is 6.04 Å². The molecule has 1 saturated carbocycles. The van der Waals surface area contributed by atoms with Gasteiger partial charge in [0.05, 0.1) is 0 Å². The lowest BCUT2D eigenvalue weighted by Crippen LogP contribution is -2.26. The molecule has 1 fully saturated rings. The number of phenolic OH excluding ortho intramolecular Hbond substituents is 1. The third kappa shape index (κ3) is 1.88. The maximum absolute atomic E-state index is 9.69. The summed E-state index contributed by atoms with van der Waals surface area (Å²) in [6.45, 7) is 0. The average Bonchev–Trinajstić information content (AvgIpc) is 2.06. The van der Waals surface area contributed by atoms with Crippen molar-refractivity contribution in [2.75, 3.05) is 0 Å². The van der Waals surface area contributed by atoms with Crippen LogP contribution in [-0.2, 0) is 0 Å². The van der Waals surface area contributed by atoms with Crippen LogP contribution in [0.1, 0.15) is 30.9 Å². The molecule has 3 heteroatoms. The summed E-state index contributed by atoms with van der Waals surface area (Å²) in [5, 5.41) is 9.69. The molecule has 0 spiro atoms. The zero-order chi connectivity index (χ0) is 10.1. The molecule has 0 bridgehead atoms. The van der Waals surface area contributed by atoms with Gasteiger partial charge in [-0.1, -0.05) is 6.42 Å². The number of hydrogen-bond donors (Lipinski definition) is 2. The summed E-state index contributed by atoms with van der Waals surface area (Å²) in [6.07, 6.45) is 3.68. The zero-order valence-electron chi connectivity index (χ0n) is 7.91. The van der Waals surface area contributed by atoms with Gasteiger partial charge in [-0.3, -0.25) is 0 Å². The quantitative estimate of drug-likeness (QED) is 0.825. The highest BCUT2D eigenvalue weighted by Crippen LogP contribution is 2.39. The van der Waals surface area contributed by atoms with Crippen molar-refractivity contribution in [1.82, 2.24) is 0 Å². The van der Waals surface area contributed by atoms with Gasteiger partial charge in [-0.15, -0.1) is 0 Å². The summed E-state index contributed by atoms with van der Waals surface area (Å²) in [4.78, 5) is 0. The number of rotatable bonds is 2. The van der Waals surface area contributed by atoms with Gasteiger partial charge >= 0.3 is 0 Å². The summed E-state index contributed by atoms with van der Waals surface area (Å²) < 4.78 is 1.13. The van der Waals surface area contributed by atoms with E-state index in [0.717, 1.165) is 9.13 Å². The number of benzene rings is 1. The van der Waals surface area contributed by atoms with Crippen LogP contribution in [-0.4, -0.2) is 5.11 Å². The molecular formula is C11H14INO. The molecule has 0 heterocycles. The largest absolute Gasteiger partial charge is 0.508 e. The molecule has 3 N–H and O–H groups in total. The fourth-order valence-electron chi connectivity index (χ4n) is 1.85. The van der Waals surface area contributed by atoms with Crippen LogP contribution in [0, 0.1) is 9.49 Å². The van der Waals surface area contributed by atoms with Gasteiger partial charge < -0.3 is 10.8 Å². The van der Waals surface area contributed by atoms with Gasteiger partial charge in [-0.25, -0.2) is 0 Å². The fourth-order valence-corrected chi connectivity index (χ4v) is 2.36. The highest BCUT2D eigenvalue weighted by Gasteiger charge is 2.27. The number of phenols is 1. The molecule has 14 heavy (non-hydrogen) atoms. The molecule has 0 saturated heterocycles. The minimum atomic E-state index is 0.0125. The first-order chi connectivity index (χ1) is 6.68. The molecule has 1 unspecified atom stereocenters. The van der Waals surface area contributed by atoms with Crippen molar-refractivity contribution in [3.63, 3.8) is 0 Å². The normalized spacial score (nSPS) is 19.0. The van der Waals surface area contributed by atoms with Crippen molar-refractivity contribution >= 4 is 22.6 Å². The Hall–Kier alpha value is -0.290. The Labute approximate surface area is 97.6 Å². The number of nitrogens with two attached hydrogens (primary N) is 1. The number of halogens is 1. The van der Waals surface area contributed by atoms with Gasteiger partial charge in [0.15, 0.2) is 0 Å². The van der Waals surface area contributed by atoms with Crippen molar-refractivity contribution in [3.05, 3.63) is 27.3 Å². The van der Waals surface area contributed by atoms with Crippen LogP contribution in [0.5, 0.6) is 5.75 Å². The number of hydrogen-bond acceptors (Lipinski definition) is 2. The van der Waals surface area contributed by atoms with E-state index in [2.05, 4.69) is 22.6 Å². The van der Waals surface area contributed by atoms with E-state index in [1.807, 2.05) is 12.1 Å². The summed E-state index contributed by atoms with van der Waals surface area (Å²) in [5.41, 5.74) is 7.01. The van der Waals surface area contributed by atoms with Gasteiger partial charge in [0.2, 0.25) is 0 Å². The summed E-state index contributed by atoms with van der Waals surface area (Å²) in [7, 11) is 0. The van der Waals surface area contributed by atoms with Gasteiger partial charge in [0, 0.05) is 15.2 Å². The molecule has 76 valence electrons. The molecule has 0 amide bonds. The summed E-state index contributed by atoms with van der Waals surface area (Å²) in [5.74, 6) is 0.906. The van der Waals surface area contributed by atoms with Gasteiger partial charge in [0.25, 0.3) is 0 Å². The highest BCUT2D eigenvalue weighted by molar-refractivity contribution is 14.1. The second kappa shape index (κ2) is 4.06. The average molecular weight is 303 g/mol. The first-order valence-corrected chi connectivity index (χ1v) is 6.00. The monoisotopic (exact) mass is 303 g/mol. The highest BCUT2D eigenvalue weighted by atomic mass is 127. The molecular weight excluding hydrogens is 289 g/mol. The maximum atomic E-state index is 9.69. The predicted molar refractivity (Wildman–Crippen MR) is 65.1 cm³/mol. The van der Waals surface area contributed by atoms with Crippen molar-refractivity contribution in [1.29, 1.82) is 0 Å². The Morgan fingerprint density at radius 1 is 1.43 bits per heavy atom. The molecule has 0 radical (unpaired) electrons. The van der Waals surface area contributed by atoms with E-state index < -0.39 is 0 Å². The number of aromatic hydroxyl groups is 1. The summed E-state index contributed by atoms with van der Waals surface area (Å²) >= 11 is 2.24. The van der Waals surface area contributed by atoms with E-state index in [9.17, 15) is 5.11 Å². The lowest BCUT2D eigenvalue weighted by molar-refractivity contribution is 0.260. The Balaban J connectivity index is 2.24. The van der Waals surface area contributed by atoms with E-state index in [0.29, 0.717) is 11.7 Å². The predicted octanol–water partition coefficient (Wildman–Crippen LogP) is 2.80. The van der Waals surface area contributed by atoms with Crippen molar-refractivity contribution in [3.8, 4) is 5.75 Å². The lowest BCUT2D eigenvalue weighted by Gasteiger charge is -2.31.